The van der Waals surface area contributed by atoms with E-state index in [1.807, 2.05) is 24.3 Å². The third kappa shape index (κ3) is 4.73. The van der Waals surface area contributed by atoms with Crippen molar-refractivity contribution in [1.82, 2.24) is 19.8 Å². The first-order valence-corrected chi connectivity index (χ1v) is 12.9. The summed E-state index contributed by atoms with van der Waals surface area (Å²) in [5, 5.41) is 2.90. The number of nitrogens with one attached hydrogen (secondary N) is 1. The van der Waals surface area contributed by atoms with Crippen molar-refractivity contribution in [2.75, 3.05) is 29.9 Å². The Bertz CT molecular complexity index is 1080. The van der Waals surface area contributed by atoms with Gasteiger partial charge in [0.15, 0.2) is 0 Å². The number of pyridine rings is 2. The zero-order valence-electron chi connectivity index (χ0n) is 18.2. The van der Waals surface area contributed by atoms with Gasteiger partial charge in [-0.15, -0.1) is 0 Å². The molecule has 0 radical (unpaired) electrons. The van der Waals surface area contributed by atoms with E-state index in [9.17, 15) is 18.7 Å². The van der Waals surface area contributed by atoms with Gasteiger partial charge < -0.3 is 15.1 Å². The van der Waals surface area contributed by atoms with Crippen LogP contribution in [0, 0.1) is 5.92 Å². The van der Waals surface area contributed by atoms with Crippen LogP contribution < -0.4 is 5.32 Å². The summed E-state index contributed by atoms with van der Waals surface area (Å²) >= 11 is 0. The lowest BCUT2D eigenvalue weighted by Gasteiger charge is -2.30. The number of amides is 3. The van der Waals surface area contributed by atoms with Crippen molar-refractivity contribution in [3.05, 3.63) is 59.7 Å². The van der Waals surface area contributed by atoms with Gasteiger partial charge >= 0.3 is 6.03 Å². The highest BCUT2D eigenvalue weighted by molar-refractivity contribution is 8.24. The van der Waals surface area contributed by atoms with Crippen LogP contribution in [0.5, 0.6) is 0 Å². The summed E-state index contributed by atoms with van der Waals surface area (Å²) in [6, 6.07) is 5.49. The molecule has 3 aliphatic rings. The van der Waals surface area contributed by atoms with E-state index in [2.05, 4.69) is 15.3 Å². The van der Waals surface area contributed by atoms with Gasteiger partial charge in [0.05, 0.1) is 23.5 Å². The minimum atomic E-state index is -2.57. The molecular weight excluding hydrogens is 442 g/mol. The highest BCUT2D eigenvalue weighted by Gasteiger charge is 2.35. The molecule has 3 amide bonds. The molecule has 0 spiro atoms. The summed E-state index contributed by atoms with van der Waals surface area (Å²) < 4.78 is 19.6. The van der Waals surface area contributed by atoms with E-state index in [1.165, 1.54) is 0 Å². The fourth-order valence-corrected chi connectivity index (χ4v) is 6.38. The van der Waals surface area contributed by atoms with Crippen LogP contribution in [0.2, 0.25) is 0 Å². The van der Waals surface area contributed by atoms with Crippen LogP contribution in [0.15, 0.2) is 42.9 Å². The van der Waals surface area contributed by atoms with Crippen LogP contribution in [-0.4, -0.2) is 65.4 Å². The number of hydrogen-bond acceptors (Lipinski definition) is 6. The minimum Gasteiger partial charge on any atom is -0.338 e. The van der Waals surface area contributed by atoms with Crippen molar-refractivity contribution in [1.29, 1.82) is 0 Å². The van der Waals surface area contributed by atoms with Crippen LogP contribution in [0.3, 0.4) is 0 Å². The number of aromatic nitrogens is 2. The predicted octanol–water partition coefficient (Wildman–Crippen LogP) is 3.41. The highest BCUT2D eigenvalue weighted by atomic mass is 32.3. The molecule has 3 N–H and O–H groups in total. The van der Waals surface area contributed by atoms with Gasteiger partial charge in [-0.2, -0.15) is 10.6 Å². The fraction of sp³-hybridized carbons (Fsp3) is 0.391. The molecule has 9 nitrogen and oxygen atoms in total. The van der Waals surface area contributed by atoms with Crippen LogP contribution in [0.1, 0.15) is 29.7 Å². The maximum Gasteiger partial charge on any atom is 0.322 e. The molecule has 3 aliphatic heterocycles. The second-order valence-corrected chi connectivity index (χ2v) is 11.1. The summed E-state index contributed by atoms with van der Waals surface area (Å²) in [7, 11) is -2.57. The molecule has 2 aromatic rings. The molecule has 0 aliphatic carbocycles. The number of nitrogens with zero attached hydrogens (tertiary/aromatic N) is 4. The van der Waals surface area contributed by atoms with Gasteiger partial charge in [0, 0.05) is 50.1 Å². The van der Waals surface area contributed by atoms with Crippen LogP contribution in [0.4, 0.5) is 10.5 Å². The lowest BCUT2D eigenvalue weighted by atomic mass is 10.0. The van der Waals surface area contributed by atoms with E-state index >= 15 is 0 Å². The molecule has 1 unspecified atom stereocenters. The Labute approximate surface area is 193 Å². The van der Waals surface area contributed by atoms with Crippen LogP contribution >= 0.6 is 10.6 Å². The van der Waals surface area contributed by atoms with Crippen molar-refractivity contribution in [3.8, 4) is 0 Å². The third-order valence-corrected chi connectivity index (χ3v) is 8.32. The molecule has 33 heavy (non-hydrogen) atoms. The summed E-state index contributed by atoms with van der Waals surface area (Å²) in [5.74, 6) is 0.237. The van der Waals surface area contributed by atoms with Crippen molar-refractivity contribution < 1.29 is 18.7 Å². The average molecular weight is 470 g/mol. The zero-order valence-corrected chi connectivity index (χ0v) is 19.0. The van der Waals surface area contributed by atoms with E-state index in [0.717, 1.165) is 22.4 Å². The number of hydrogen-bond donors (Lipinski definition) is 3. The SMILES string of the molecule is O=C(Nc1ccc(C2=CCN(C(=O)C3CCS(O)(O)C3)CC2)nc1)N1Cc2ccncc2C1. The van der Waals surface area contributed by atoms with E-state index in [0.29, 0.717) is 50.5 Å². The standard InChI is InChI=1S/C23H27N5O4S/c29-22(18-6-10-33(31,32)15-18)27-8-4-16(5-9-27)21-2-1-20(12-25-21)26-23(30)28-13-17-3-7-24-11-19(17)14-28/h1-4,7,11-12,18,31-32H,5-6,8-10,13-15H2,(H,26,30). The van der Waals surface area contributed by atoms with Crippen molar-refractivity contribution >= 4 is 33.8 Å². The smallest absolute Gasteiger partial charge is 0.322 e. The van der Waals surface area contributed by atoms with Gasteiger partial charge in [0.25, 0.3) is 0 Å². The molecule has 10 heteroatoms. The number of fused-ring (bicyclic) bond motifs is 1. The Balaban J connectivity index is 1.16. The predicted molar refractivity (Wildman–Crippen MR) is 127 cm³/mol. The van der Waals surface area contributed by atoms with E-state index in [-0.39, 0.29) is 23.6 Å². The lowest BCUT2D eigenvalue weighted by molar-refractivity contribution is -0.134. The molecule has 174 valence electrons. The number of carbonyl (C=O) groups excluding carboxylic acids is 2. The second-order valence-electron chi connectivity index (χ2n) is 8.78. The Morgan fingerprint density at radius 3 is 2.61 bits per heavy atom. The molecule has 0 bridgehead atoms. The zero-order chi connectivity index (χ0) is 23.0. The van der Waals surface area contributed by atoms with Gasteiger partial charge in [-0.05, 0) is 47.7 Å². The summed E-state index contributed by atoms with van der Waals surface area (Å²) in [4.78, 5) is 37.4. The molecule has 2 aromatic heterocycles. The Morgan fingerprint density at radius 1 is 1.09 bits per heavy atom. The number of rotatable bonds is 3. The molecule has 5 rings (SSSR count). The number of carbonyl (C=O) groups is 2. The van der Waals surface area contributed by atoms with Gasteiger partial charge in [-0.1, -0.05) is 6.08 Å². The largest absolute Gasteiger partial charge is 0.338 e. The summed E-state index contributed by atoms with van der Waals surface area (Å²) in [6.07, 6.45) is 8.43. The maximum atomic E-state index is 12.7. The molecule has 0 saturated carbocycles. The average Bonchev–Trinajstić information content (AvgIpc) is 3.42. The number of urea groups is 1. The minimum absolute atomic E-state index is 0.00800. The Morgan fingerprint density at radius 2 is 1.94 bits per heavy atom. The monoisotopic (exact) mass is 469 g/mol. The molecule has 1 fully saturated rings. The molecule has 0 aromatic carbocycles. The quantitative estimate of drug-likeness (QED) is 0.634. The van der Waals surface area contributed by atoms with Crippen molar-refractivity contribution in [3.63, 3.8) is 0 Å². The van der Waals surface area contributed by atoms with Crippen LogP contribution in [-0.2, 0) is 17.9 Å². The van der Waals surface area contributed by atoms with Gasteiger partial charge in [0.1, 0.15) is 0 Å². The van der Waals surface area contributed by atoms with Gasteiger partial charge in [0.2, 0.25) is 5.91 Å². The fourth-order valence-electron chi connectivity index (χ4n) is 4.60. The molecule has 1 atom stereocenters. The second kappa shape index (κ2) is 8.77. The first-order chi connectivity index (χ1) is 15.9. The van der Waals surface area contributed by atoms with Gasteiger partial charge in [-0.25, -0.2) is 4.79 Å². The first kappa shape index (κ1) is 21.9. The van der Waals surface area contributed by atoms with E-state index in [1.54, 1.807) is 28.4 Å². The Hall–Kier alpha value is -2.95. The van der Waals surface area contributed by atoms with E-state index in [4.69, 9.17) is 0 Å². The summed E-state index contributed by atoms with van der Waals surface area (Å²) in [6.45, 7) is 2.19. The van der Waals surface area contributed by atoms with E-state index < -0.39 is 10.6 Å². The molecule has 1 saturated heterocycles. The van der Waals surface area contributed by atoms with Crippen molar-refractivity contribution in [2.24, 2.45) is 5.92 Å². The molecule has 5 heterocycles. The highest BCUT2D eigenvalue weighted by Crippen LogP contribution is 2.48. The first-order valence-electron chi connectivity index (χ1n) is 11.0. The lowest BCUT2D eigenvalue weighted by Crippen LogP contribution is -2.39. The maximum absolute atomic E-state index is 12.7. The van der Waals surface area contributed by atoms with Crippen LogP contribution in [0.25, 0.3) is 5.57 Å². The topological polar surface area (TPSA) is 119 Å². The Kier molecular flexibility index (Phi) is 5.81. The normalized spacial score (nSPS) is 22.5. The van der Waals surface area contributed by atoms with Crippen molar-refractivity contribution in [2.45, 2.75) is 25.9 Å². The number of anilines is 1. The summed E-state index contributed by atoms with van der Waals surface area (Å²) in [5.41, 5.74) is 4.71. The molecular formula is C23H27N5O4S. The van der Waals surface area contributed by atoms with Gasteiger partial charge in [-0.3, -0.25) is 23.9 Å². The third-order valence-electron chi connectivity index (χ3n) is 6.49.